The zero-order valence-corrected chi connectivity index (χ0v) is 10.5. The van der Waals surface area contributed by atoms with Crippen molar-refractivity contribution in [2.45, 2.75) is 31.7 Å². The van der Waals surface area contributed by atoms with Crippen LogP contribution in [0.4, 0.5) is 4.39 Å². The first kappa shape index (κ1) is 13.5. The average Bonchev–Trinajstić information content (AvgIpc) is 2.41. The Kier molecular flexibility index (Phi) is 4.14. The van der Waals surface area contributed by atoms with E-state index in [1.165, 1.54) is 17.0 Å². The number of carbonyl (C=O) groups is 2. The zero-order valence-electron chi connectivity index (χ0n) is 10.5. The van der Waals surface area contributed by atoms with E-state index in [9.17, 15) is 14.0 Å². The van der Waals surface area contributed by atoms with E-state index < -0.39 is 12.0 Å². The van der Waals surface area contributed by atoms with Gasteiger partial charge in [0.25, 0.3) is 0 Å². The lowest BCUT2D eigenvalue weighted by Crippen LogP contribution is -2.48. The van der Waals surface area contributed by atoms with Crippen LogP contribution < -0.4 is 0 Å². The molecule has 1 N–H and O–H groups in total. The average molecular weight is 265 g/mol. The normalized spacial score (nSPS) is 19.2. The molecule has 2 rings (SSSR count). The van der Waals surface area contributed by atoms with Gasteiger partial charge in [-0.15, -0.1) is 0 Å². The summed E-state index contributed by atoms with van der Waals surface area (Å²) in [5.41, 5.74) is 0.695. The second-order valence-electron chi connectivity index (χ2n) is 4.74. The molecule has 1 aromatic carbocycles. The Morgan fingerprint density at radius 1 is 1.26 bits per heavy atom. The summed E-state index contributed by atoms with van der Waals surface area (Å²) in [7, 11) is 0. The lowest BCUT2D eigenvalue weighted by Gasteiger charge is -2.33. The van der Waals surface area contributed by atoms with Crippen molar-refractivity contribution in [1.29, 1.82) is 0 Å². The standard InChI is InChI=1S/C14H16FNO3/c15-11-6-4-10(5-7-11)9-13(17)16-8-2-1-3-12(16)14(18)19/h4-7,12H,1-3,8-9H2,(H,18,19). The number of carbonyl (C=O) groups excluding carboxylic acids is 1. The fourth-order valence-electron chi connectivity index (χ4n) is 2.37. The minimum atomic E-state index is -0.952. The van der Waals surface area contributed by atoms with Gasteiger partial charge >= 0.3 is 5.97 Å². The highest BCUT2D eigenvalue weighted by molar-refractivity contribution is 5.85. The number of amides is 1. The molecule has 0 saturated carbocycles. The molecule has 1 unspecified atom stereocenters. The second kappa shape index (κ2) is 5.82. The Labute approximate surface area is 110 Å². The maximum absolute atomic E-state index is 12.8. The molecule has 1 aliphatic heterocycles. The molecule has 0 bridgehead atoms. The molecule has 19 heavy (non-hydrogen) atoms. The second-order valence-corrected chi connectivity index (χ2v) is 4.74. The Bertz CT molecular complexity index is 472. The number of benzene rings is 1. The van der Waals surface area contributed by atoms with E-state index in [0.717, 1.165) is 12.8 Å². The predicted molar refractivity (Wildman–Crippen MR) is 67.1 cm³/mol. The van der Waals surface area contributed by atoms with Crippen LogP contribution in [0.5, 0.6) is 0 Å². The van der Waals surface area contributed by atoms with Crippen molar-refractivity contribution >= 4 is 11.9 Å². The van der Waals surface area contributed by atoms with Crippen molar-refractivity contribution in [2.24, 2.45) is 0 Å². The minimum absolute atomic E-state index is 0.115. The van der Waals surface area contributed by atoms with Crippen LogP contribution in [0.15, 0.2) is 24.3 Å². The summed E-state index contributed by atoms with van der Waals surface area (Å²) in [6.45, 7) is 0.483. The maximum Gasteiger partial charge on any atom is 0.326 e. The third-order valence-electron chi connectivity index (χ3n) is 3.38. The summed E-state index contributed by atoms with van der Waals surface area (Å²) in [6, 6.07) is 4.97. The summed E-state index contributed by atoms with van der Waals surface area (Å²) in [4.78, 5) is 24.7. The number of piperidine rings is 1. The van der Waals surface area contributed by atoms with Gasteiger partial charge in [-0.25, -0.2) is 9.18 Å². The van der Waals surface area contributed by atoms with Gasteiger partial charge in [0, 0.05) is 6.54 Å². The summed E-state index contributed by atoms with van der Waals surface area (Å²) in [5, 5.41) is 9.12. The lowest BCUT2D eigenvalue weighted by molar-refractivity contribution is -0.151. The summed E-state index contributed by atoms with van der Waals surface area (Å²) in [5.74, 6) is -1.51. The number of likely N-dealkylation sites (tertiary alicyclic amines) is 1. The van der Waals surface area contributed by atoms with Crippen LogP contribution in [-0.4, -0.2) is 34.5 Å². The molecule has 1 saturated heterocycles. The molecule has 1 fully saturated rings. The van der Waals surface area contributed by atoms with E-state index in [-0.39, 0.29) is 18.1 Å². The van der Waals surface area contributed by atoms with Crippen LogP contribution in [0.25, 0.3) is 0 Å². The van der Waals surface area contributed by atoms with Gasteiger partial charge in [0.1, 0.15) is 11.9 Å². The molecule has 1 aliphatic rings. The van der Waals surface area contributed by atoms with Crippen LogP contribution in [0.3, 0.4) is 0 Å². The predicted octanol–water partition coefficient (Wildman–Crippen LogP) is 1.83. The van der Waals surface area contributed by atoms with Gasteiger partial charge in [-0.1, -0.05) is 12.1 Å². The zero-order chi connectivity index (χ0) is 13.8. The van der Waals surface area contributed by atoms with Gasteiger partial charge in [0.05, 0.1) is 6.42 Å². The molecule has 1 aromatic rings. The first-order chi connectivity index (χ1) is 9.08. The van der Waals surface area contributed by atoms with E-state index in [1.54, 1.807) is 12.1 Å². The van der Waals surface area contributed by atoms with Crippen LogP contribution in [-0.2, 0) is 16.0 Å². The number of carboxylic acid groups (broad SMARTS) is 1. The number of carboxylic acids is 1. The van der Waals surface area contributed by atoms with Gasteiger partial charge < -0.3 is 10.0 Å². The van der Waals surface area contributed by atoms with E-state index in [0.29, 0.717) is 18.5 Å². The highest BCUT2D eigenvalue weighted by Crippen LogP contribution is 2.18. The quantitative estimate of drug-likeness (QED) is 0.907. The molecular formula is C14H16FNO3. The number of hydrogen-bond acceptors (Lipinski definition) is 2. The van der Waals surface area contributed by atoms with Crippen molar-refractivity contribution in [2.75, 3.05) is 6.54 Å². The van der Waals surface area contributed by atoms with Gasteiger partial charge in [-0.05, 0) is 37.0 Å². The van der Waals surface area contributed by atoms with E-state index in [1.807, 2.05) is 0 Å². The summed E-state index contributed by atoms with van der Waals surface area (Å²) >= 11 is 0. The third-order valence-corrected chi connectivity index (χ3v) is 3.38. The van der Waals surface area contributed by atoms with Crippen molar-refractivity contribution in [3.05, 3.63) is 35.6 Å². The number of aliphatic carboxylic acids is 1. The van der Waals surface area contributed by atoms with Gasteiger partial charge in [0.15, 0.2) is 0 Å². The third kappa shape index (κ3) is 3.30. The first-order valence-electron chi connectivity index (χ1n) is 6.34. The number of halogens is 1. The smallest absolute Gasteiger partial charge is 0.326 e. The molecule has 0 aliphatic carbocycles. The molecular weight excluding hydrogens is 249 g/mol. The van der Waals surface area contributed by atoms with Crippen LogP contribution in [0.1, 0.15) is 24.8 Å². The van der Waals surface area contributed by atoms with Crippen molar-refractivity contribution in [3.8, 4) is 0 Å². The molecule has 5 heteroatoms. The molecule has 4 nitrogen and oxygen atoms in total. The van der Waals surface area contributed by atoms with Crippen LogP contribution in [0.2, 0.25) is 0 Å². The molecule has 1 heterocycles. The van der Waals surface area contributed by atoms with Gasteiger partial charge in [-0.3, -0.25) is 4.79 Å². The van der Waals surface area contributed by atoms with Crippen molar-refractivity contribution < 1.29 is 19.1 Å². The Morgan fingerprint density at radius 2 is 1.95 bits per heavy atom. The fraction of sp³-hybridized carbons (Fsp3) is 0.429. The minimum Gasteiger partial charge on any atom is -0.480 e. The van der Waals surface area contributed by atoms with E-state index in [2.05, 4.69) is 0 Å². The highest BCUT2D eigenvalue weighted by Gasteiger charge is 2.31. The molecule has 102 valence electrons. The number of rotatable bonds is 3. The lowest BCUT2D eigenvalue weighted by atomic mass is 10.0. The van der Waals surface area contributed by atoms with Crippen molar-refractivity contribution in [1.82, 2.24) is 4.90 Å². The molecule has 1 amide bonds. The SMILES string of the molecule is O=C(O)C1CCCCN1C(=O)Cc1ccc(F)cc1. The van der Waals surface area contributed by atoms with Crippen molar-refractivity contribution in [3.63, 3.8) is 0 Å². The maximum atomic E-state index is 12.8. The number of nitrogens with zero attached hydrogens (tertiary/aromatic N) is 1. The number of hydrogen-bond donors (Lipinski definition) is 1. The van der Waals surface area contributed by atoms with Gasteiger partial charge in [0.2, 0.25) is 5.91 Å². The highest BCUT2D eigenvalue weighted by atomic mass is 19.1. The Balaban J connectivity index is 2.05. The Hall–Kier alpha value is -1.91. The van der Waals surface area contributed by atoms with Gasteiger partial charge in [-0.2, -0.15) is 0 Å². The first-order valence-corrected chi connectivity index (χ1v) is 6.34. The topological polar surface area (TPSA) is 57.6 Å². The molecule has 0 aromatic heterocycles. The molecule has 1 atom stereocenters. The fourth-order valence-corrected chi connectivity index (χ4v) is 2.37. The van der Waals surface area contributed by atoms with Crippen LogP contribution in [0, 0.1) is 5.82 Å². The summed E-state index contributed by atoms with van der Waals surface area (Å²) < 4.78 is 12.8. The summed E-state index contributed by atoms with van der Waals surface area (Å²) in [6.07, 6.45) is 2.28. The van der Waals surface area contributed by atoms with E-state index in [4.69, 9.17) is 5.11 Å². The molecule has 0 spiro atoms. The Morgan fingerprint density at radius 3 is 2.58 bits per heavy atom. The van der Waals surface area contributed by atoms with E-state index >= 15 is 0 Å². The molecule has 0 radical (unpaired) electrons. The monoisotopic (exact) mass is 265 g/mol. The van der Waals surface area contributed by atoms with Crippen LogP contribution >= 0.6 is 0 Å². The largest absolute Gasteiger partial charge is 0.480 e.